The van der Waals surface area contributed by atoms with Gasteiger partial charge in [-0.25, -0.2) is 4.79 Å². The molecule has 6 heteroatoms. The molecule has 0 aromatic carbocycles. The molecule has 1 saturated heterocycles. The van der Waals surface area contributed by atoms with Gasteiger partial charge in [-0.3, -0.25) is 4.79 Å². The Morgan fingerprint density at radius 1 is 1.22 bits per heavy atom. The molecule has 3 N–H and O–H groups in total. The van der Waals surface area contributed by atoms with E-state index in [0.29, 0.717) is 19.4 Å². The van der Waals surface area contributed by atoms with Crippen molar-refractivity contribution in [3.05, 3.63) is 0 Å². The molecule has 2 aliphatic rings. The van der Waals surface area contributed by atoms with Crippen LogP contribution in [0.25, 0.3) is 0 Å². The van der Waals surface area contributed by atoms with E-state index >= 15 is 0 Å². The molecular weight excluding hydrogens is 236 g/mol. The average Bonchev–Trinajstić information content (AvgIpc) is 2.89. The van der Waals surface area contributed by atoms with Gasteiger partial charge in [0.25, 0.3) is 0 Å². The normalized spacial score (nSPS) is 35.4. The van der Waals surface area contributed by atoms with Crippen LogP contribution >= 0.6 is 0 Å². The van der Waals surface area contributed by atoms with Crippen molar-refractivity contribution >= 4 is 12.0 Å². The van der Waals surface area contributed by atoms with Crippen molar-refractivity contribution in [3.8, 4) is 0 Å². The minimum Gasteiger partial charge on any atom is -0.481 e. The van der Waals surface area contributed by atoms with Crippen LogP contribution in [0.5, 0.6) is 0 Å². The highest BCUT2D eigenvalue weighted by atomic mass is 16.5. The van der Waals surface area contributed by atoms with Gasteiger partial charge < -0.3 is 20.5 Å². The van der Waals surface area contributed by atoms with E-state index in [2.05, 4.69) is 10.6 Å². The molecule has 18 heavy (non-hydrogen) atoms. The van der Waals surface area contributed by atoms with Crippen molar-refractivity contribution < 1.29 is 19.4 Å². The number of nitrogens with one attached hydrogen (secondary N) is 2. The number of hydrogen-bond donors (Lipinski definition) is 3. The van der Waals surface area contributed by atoms with E-state index in [1.807, 2.05) is 6.92 Å². The highest BCUT2D eigenvalue weighted by Gasteiger charge is 2.31. The van der Waals surface area contributed by atoms with E-state index < -0.39 is 5.97 Å². The van der Waals surface area contributed by atoms with Crippen LogP contribution in [0.1, 0.15) is 32.6 Å². The lowest BCUT2D eigenvalue weighted by molar-refractivity contribution is -0.141. The third kappa shape index (κ3) is 3.13. The van der Waals surface area contributed by atoms with Crippen LogP contribution in [-0.4, -0.2) is 41.9 Å². The molecule has 0 aromatic rings. The Morgan fingerprint density at radius 2 is 2.00 bits per heavy atom. The average molecular weight is 256 g/mol. The second-order valence-corrected chi connectivity index (χ2v) is 5.13. The number of carboxylic acids is 1. The number of ether oxygens (including phenoxy) is 1. The van der Waals surface area contributed by atoms with Gasteiger partial charge in [-0.2, -0.15) is 0 Å². The lowest BCUT2D eigenvalue weighted by Gasteiger charge is -2.19. The van der Waals surface area contributed by atoms with Crippen LogP contribution in [0.2, 0.25) is 0 Å². The molecule has 1 aliphatic heterocycles. The van der Waals surface area contributed by atoms with Gasteiger partial charge in [0.15, 0.2) is 0 Å². The summed E-state index contributed by atoms with van der Waals surface area (Å²) in [5.41, 5.74) is 0. The predicted molar refractivity (Wildman–Crippen MR) is 64.3 cm³/mol. The molecule has 2 rings (SSSR count). The molecule has 4 atom stereocenters. The molecule has 102 valence electrons. The van der Waals surface area contributed by atoms with Gasteiger partial charge >= 0.3 is 12.0 Å². The molecule has 2 unspecified atom stereocenters. The van der Waals surface area contributed by atoms with Crippen molar-refractivity contribution in [2.45, 2.75) is 50.8 Å². The zero-order valence-electron chi connectivity index (χ0n) is 10.5. The Hall–Kier alpha value is -1.30. The summed E-state index contributed by atoms with van der Waals surface area (Å²) in [4.78, 5) is 22.6. The van der Waals surface area contributed by atoms with Crippen LogP contribution in [0.4, 0.5) is 4.79 Å². The SMILES string of the molecule is CC1OCCC1NC(=O)N[C@H]1CC[C@@H](C(=O)O)C1. The topological polar surface area (TPSA) is 87.7 Å². The fraction of sp³-hybridized carbons (Fsp3) is 0.833. The van der Waals surface area contributed by atoms with Crippen LogP contribution in [-0.2, 0) is 9.53 Å². The number of aliphatic carboxylic acids is 1. The number of carbonyl (C=O) groups is 2. The van der Waals surface area contributed by atoms with Crippen molar-refractivity contribution in [2.75, 3.05) is 6.61 Å². The summed E-state index contributed by atoms with van der Waals surface area (Å²) in [6.07, 6.45) is 2.78. The van der Waals surface area contributed by atoms with Gasteiger partial charge in [0.05, 0.1) is 18.1 Å². The number of carboxylic acid groups (broad SMARTS) is 1. The van der Waals surface area contributed by atoms with Gasteiger partial charge in [-0.15, -0.1) is 0 Å². The molecule has 6 nitrogen and oxygen atoms in total. The minimum atomic E-state index is -0.766. The number of urea groups is 1. The van der Waals surface area contributed by atoms with Crippen molar-refractivity contribution in [2.24, 2.45) is 5.92 Å². The Balaban J connectivity index is 1.73. The highest BCUT2D eigenvalue weighted by Crippen LogP contribution is 2.25. The van der Waals surface area contributed by atoms with Crippen LogP contribution < -0.4 is 10.6 Å². The first-order valence-electron chi connectivity index (χ1n) is 6.47. The third-order valence-electron chi connectivity index (χ3n) is 3.81. The summed E-state index contributed by atoms with van der Waals surface area (Å²) >= 11 is 0. The monoisotopic (exact) mass is 256 g/mol. The minimum absolute atomic E-state index is 0.0243. The first-order chi connectivity index (χ1) is 8.56. The van der Waals surface area contributed by atoms with Gasteiger partial charge in [0, 0.05) is 12.6 Å². The molecule has 1 aliphatic carbocycles. The van der Waals surface area contributed by atoms with E-state index in [4.69, 9.17) is 9.84 Å². The fourth-order valence-electron chi connectivity index (χ4n) is 2.65. The number of carbonyl (C=O) groups excluding carboxylic acids is 1. The summed E-state index contributed by atoms with van der Waals surface area (Å²) in [5, 5.41) is 14.6. The summed E-state index contributed by atoms with van der Waals surface area (Å²) in [7, 11) is 0. The van der Waals surface area contributed by atoms with E-state index in [1.54, 1.807) is 0 Å². The fourth-order valence-corrected chi connectivity index (χ4v) is 2.65. The Morgan fingerprint density at radius 3 is 2.56 bits per heavy atom. The molecule has 1 saturated carbocycles. The second-order valence-electron chi connectivity index (χ2n) is 5.13. The lowest BCUT2D eigenvalue weighted by atomic mass is 10.1. The maximum Gasteiger partial charge on any atom is 0.315 e. The molecule has 0 aromatic heterocycles. The Labute approximate surface area is 106 Å². The number of hydrogen-bond acceptors (Lipinski definition) is 3. The van der Waals surface area contributed by atoms with Crippen molar-refractivity contribution in [1.82, 2.24) is 10.6 Å². The van der Waals surface area contributed by atoms with Gasteiger partial charge in [-0.1, -0.05) is 0 Å². The van der Waals surface area contributed by atoms with Gasteiger partial charge in [0.1, 0.15) is 0 Å². The zero-order chi connectivity index (χ0) is 13.1. The van der Waals surface area contributed by atoms with Gasteiger partial charge in [0.2, 0.25) is 0 Å². The largest absolute Gasteiger partial charge is 0.481 e. The maximum atomic E-state index is 11.8. The smallest absolute Gasteiger partial charge is 0.315 e. The quantitative estimate of drug-likeness (QED) is 0.694. The molecule has 0 spiro atoms. The Bertz CT molecular complexity index is 334. The van der Waals surface area contributed by atoms with Crippen LogP contribution in [0, 0.1) is 5.92 Å². The summed E-state index contributed by atoms with van der Waals surface area (Å²) in [6.45, 7) is 2.62. The van der Waals surface area contributed by atoms with E-state index in [9.17, 15) is 9.59 Å². The lowest BCUT2D eigenvalue weighted by Crippen LogP contribution is -2.47. The molecular formula is C12H20N2O4. The standard InChI is InChI=1S/C12H20N2O4/c1-7-10(4-5-18-7)14-12(17)13-9-3-2-8(6-9)11(15)16/h7-10H,2-6H2,1H3,(H,15,16)(H2,13,14,17)/t7?,8-,9+,10?/m1/s1. The predicted octanol–water partition coefficient (Wildman–Crippen LogP) is 0.716. The summed E-state index contributed by atoms with van der Waals surface area (Å²) in [5.74, 6) is -1.08. The molecule has 0 radical (unpaired) electrons. The highest BCUT2D eigenvalue weighted by molar-refractivity contribution is 5.75. The number of rotatable bonds is 3. The van der Waals surface area contributed by atoms with E-state index in [0.717, 1.165) is 12.8 Å². The molecule has 2 amide bonds. The Kier molecular flexibility index (Phi) is 4.06. The molecule has 0 bridgehead atoms. The van der Waals surface area contributed by atoms with Crippen molar-refractivity contribution in [1.29, 1.82) is 0 Å². The van der Waals surface area contributed by atoms with Crippen LogP contribution in [0.3, 0.4) is 0 Å². The second kappa shape index (κ2) is 5.56. The first-order valence-corrected chi connectivity index (χ1v) is 6.47. The van der Waals surface area contributed by atoms with Crippen LogP contribution in [0.15, 0.2) is 0 Å². The summed E-state index contributed by atoms with van der Waals surface area (Å²) < 4.78 is 5.36. The third-order valence-corrected chi connectivity index (χ3v) is 3.81. The maximum absolute atomic E-state index is 11.8. The summed E-state index contributed by atoms with van der Waals surface area (Å²) in [6, 6.07) is -0.182. The first kappa shape index (κ1) is 13.1. The zero-order valence-corrected chi connectivity index (χ0v) is 10.5. The molecule has 2 fully saturated rings. The van der Waals surface area contributed by atoms with E-state index in [1.165, 1.54) is 0 Å². The van der Waals surface area contributed by atoms with E-state index in [-0.39, 0.29) is 30.1 Å². The molecule has 1 heterocycles. The van der Waals surface area contributed by atoms with Crippen molar-refractivity contribution in [3.63, 3.8) is 0 Å². The van der Waals surface area contributed by atoms with Gasteiger partial charge in [-0.05, 0) is 32.6 Å². The number of amides is 2.